The molecule has 1 N–H and O–H groups in total. The Kier molecular flexibility index (Phi) is 5.45. The van der Waals surface area contributed by atoms with Crippen LogP contribution in [0.1, 0.15) is 56.6 Å². The number of rotatable bonds is 4. The number of carbonyl (C=O) groups excluding carboxylic acids is 2. The van der Waals surface area contributed by atoms with E-state index < -0.39 is 0 Å². The van der Waals surface area contributed by atoms with Crippen molar-refractivity contribution in [2.45, 2.75) is 33.0 Å². The Hall–Kier alpha value is -4.06. The second-order valence-electron chi connectivity index (χ2n) is 7.38. The SMILES string of the molecule is Cc1cnc(CNC(=O)c2cn3c(n2)[C@H](C)N(C(=O)c2cccc(C#N)c2)CC3)cn1. The Balaban J connectivity index is 1.47. The van der Waals surface area contributed by atoms with Crippen LogP contribution in [0.25, 0.3) is 0 Å². The Labute approximate surface area is 179 Å². The van der Waals surface area contributed by atoms with E-state index in [1.54, 1.807) is 47.8 Å². The van der Waals surface area contributed by atoms with Crippen molar-refractivity contribution in [3.05, 3.63) is 76.9 Å². The fourth-order valence-electron chi connectivity index (χ4n) is 3.54. The number of nitrogens with zero attached hydrogens (tertiary/aromatic N) is 6. The van der Waals surface area contributed by atoms with Gasteiger partial charge in [0.15, 0.2) is 0 Å². The quantitative estimate of drug-likeness (QED) is 0.697. The fraction of sp³-hybridized carbons (Fsp3) is 0.273. The summed E-state index contributed by atoms with van der Waals surface area (Å²) in [5.41, 5.74) is 2.66. The Morgan fingerprint density at radius 2 is 2.10 bits per heavy atom. The zero-order valence-corrected chi connectivity index (χ0v) is 17.2. The molecule has 3 aromatic rings. The Bertz CT molecular complexity index is 1180. The van der Waals surface area contributed by atoms with Gasteiger partial charge in [-0.05, 0) is 32.0 Å². The van der Waals surface area contributed by atoms with Crippen LogP contribution >= 0.6 is 0 Å². The van der Waals surface area contributed by atoms with E-state index in [0.717, 1.165) is 5.69 Å². The highest BCUT2D eigenvalue weighted by Gasteiger charge is 2.31. The minimum atomic E-state index is -0.309. The number of aromatic nitrogens is 4. The number of hydrogen-bond acceptors (Lipinski definition) is 6. The number of nitrogens with one attached hydrogen (secondary N) is 1. The number of nitriles is 1. The molecular formula is C22H21N7O2. The molecular weight excluding hydrogens is 394 g/mol. The van der Waals surface area contributed by atoms with Crippen molar-refractivity contribution < 1.29 is 9.59 Å². The number of aryl methyl sites for hydroxylation is 1. The van der Waals surface area contributed by atoms with Gasteiger partial charge in [-0.3, -0.25) is 19.6 Å². The van der Waals surface area contributed by atoms with Gasteiger partial charge in [0.05, 0.1) is 41.8 Å². The molecule has 3 heterocycles. The molecule has 1 atom stereocenters. The van der Waals surface area contributed by atoms with Gasteiger partial charge in [-0.2, -0.15) is 5.26 Å². The fourth-order valence-corrected chi connectivity index (χ4v) is 3.54. The first-order valence-corrected chi connectivity index (χ1v) is 9.90. The third kappa shape index (κ3) is 4.14. The summed E-state index contributed by atoms with van der Waals surface area (Å²) in [4.78, 5) is 40.2. The highest BCUT2D eigenvalue weighted by atomic mass is 16.2. The normalized spacial score (nSPS) is 15.1. The largest absolute Gasteiger partial charge is 0.345 e. The van der Waals surface area contributed by atoms with E-state index in [9.17, 15) is 9.59 Å². The van der Waals surface area contributed by atoms with Crippen LogP contribution in [0.3, 0.4) is 0 Å². The number of benzene rings is 1. The van der Waals surface area contributed by atoms with Crippen molar-refractivity contribution in [3.63, 3.8) is 0 Å². The molecule has 0 spiro atoms. The highest BCUT2D eigenvalue weighted by Crippen LogP contribution is 2.26. The predicted molar refractivity (Wildman–Crippen MR) is 111 cm³/mol. The molecule has 0 saturated carbocycles. The summed E-state index contributed by atoms with van der Waals surface area (Å²) in [6, 6.07) is 8.39. The molecule has 2 amide bonds. The molecule has 1 aliphatic heterocycles. The van der Waals surface area contributed by atoms with Crippen molar-refractivity contribution in [1.82, 2.24) is 29.7 Å². The van der Waals surface area contributed by atoms with Gasteiger partial charge in [0.1, 0.15) is 11.5 Å². The second kappa shape index (κ2) is 8.36. The molecule has 156 valence electrons. The van der Waals surface area contributed by atoms with Crippen LogP contribution in [0.15, 0.2) is 42.9 Å². The Morgan fingerprint density at radius 3 is 2.84 bits per heavy atom. The summed E-state index contributed by atoms with van der Waals surface area (Å²) in [6.07, 6.45) is 4.98. The Morgan fingerprint density at radius 1 is 1.26 bits per heavy atom. The first-order chi connectivity index (χ1) is 15.0. The average molecular weight is 415 g/mol. The number of fused-ring (bicyclic) bond motifs is 1. The summed E-state index contributed by atoms with van der Waals surface area (Å²) < 4.78 is 1.90. The number of carbonyl (C=O) groups is 2. The van der Waals surface area contributed by atoms with Crippen molar-refractivity contribution in [2.24, 2.45) is 0 Å². The predicted octanol–water partition coefficient (Wildman–Crippen LogP) is 2.00. The van der Waals surface area contributed by atoms with Gasteiger partial charge in [-0.1, -0.05) is 6.07 Å². The van der Waals surface area contributed by atoms with Crippen LogP contribution in [0.2, 0.25) is 0 Å². The van der Waals surface area contributed by atoms with Crippen molar-refractivity contribution in [2.75, 3.05) is 6.54 Å². The summed E-state index contributed by atoms with van der Waals surface area (Å²) in [5, 5.41) is 11.9. The van der Waals surface area contributed by atoms with E-state index in [0.29, 0.717) is 41.4 Å². The van der Waals surface area contributed by atoms with E-state index >= 15 is 0 Å². The van der Waals surface area contributed by atoms with Crippen molar-refractivity contribution >= 4 is 11.8 Å². The van der Waals surface area contributed by atoms with Gasteiger partial charge in [-0.25, -0.2) is 4.98 Å². The first kappa shape index (κ1) is 20.2. The summed E-state index contributed by atoms with van der Waals surface area (Å²) in [7, 11) is 0. The van der Waals surface area contributed by atoms with E-state index in [2.05, 4.69) is 26.3 Å². The molecule has 1 aliphatic rings. The average Bonchev–Trinajstić information content (AvgIpc) is 3.24. The van der Waals surface area contributed by atoms with Gasteiger partial charge >= 0.3 is 0 Å². The van der Waals surface area contributed by atoms with E-state index in [1.807, 2.05) is 18.4 Å². The van der Waals surface area contributed by atoms with E-state index in [-0.39, 0.29) is 24.4 Å². The molecule has 0 bridgehead atoms. The maximum atomic E-state index is 13.0. The lowest BCUT2D eigenvalue weighted by Gasteiger charge is -2.33. The molecule has 0 unspecified atom stereocenters. The summed E-state index contributed by atoms with van der Waals surface area (Å²) in [6.45, 7) is 5.00. The molecule has 0 saturated heterocycles. The zero-order valence-electron chi connectivity index (χ0n) is 17.2. The number of hydrogen-bond donors (Lipinski definition) is 1. The van der Waals surface area contributed by atoms with E-state index in [1.165, 1.54) is 0 Å². The van der Waals surface area contributed by atoms with Gasteiger partial charge in [-0.15, -0.1) is 0 Å². The van der Waals surface area contributed by atoms with Crippen LogP contribution in [0, 0.1) is 18.3 Å². The molecule has 0 radical (unpaired) electrons. The highest BCUT2D eigenvalue weighted by molar-refractivity contribution is 5.95. The maximum absolute atomic E-state index is 13.0. The van der Waals surface area contributed by atoms with Gasteiger partial charge in [0, 0.05) is 31.0 Å². The smallest absolute Gasteiger partial charge is 0.271 e. The van der Waals surface area contributed by atoms with Crippen LogP contribution in [0.5, 0.6) is 0 Å². The van der Waals surface area contributed by atoms with Crippen molar-refractivity contribution in [3.8, 4) is 6.07 Å². The lowest BCUT2D eigenvalue weighted by Crippen LogP contribution is -2.41. The molecule has 9 heteroatoms. The van der Waals surface area contributed by atoms with Gasteiger partial charge < -0.3 is 14.8 Å². The maximum Gasteiger partial charge on any atom is 0.271 e. The monoisotopic (exact) mass is 415 g/mol. The van der Waals surface area contributed by atoms with Crippen LogP contribution in [0.4, 0.5) is 0 Å². The van der Waals surface area contributed by atoms with Gasteiger partial charge in [0.2, 0.25) is 0 Å². The minimum absolute atomic E-state index is 0.164. The topological polar surface area (TPSA) is 117 Å². The summed E-state index contributed by atoms with van der Waals surface area (Å²) >= 11 is 0. The van der Waals surface area contributed by atoms with Gasteiger partial charge in [0.25, 0.3) is 11.8 Å². The molecule has 1 aromatic carbocycles. The zero-order chi connectivity index (χ0) is 22.0. The molecule has 9 nitrogen and oxygen atoms in total. The van der Waals surface area contributed by atoms with Crippen LogP contribution in [-0.2, 0) is 13.1 Å². The molecule has 31 heavy (non-hydrogen) atoms. The number of amides is 2. The summed E-state index contributed by atoms with van der Waals surface area (Å²) in [5.74, 6) is 0.176. The molecule has 0 fully saturated rings. The lowest BCUT2D eigenvalue weighted by atomic mass is 10.1. The minimum Gasteiger partial charge on any atom is -0.345 e. The third-order valence-corrected chi connectivity index (χ3v) is 5.23. The standard InChI is InChI=1S/C22H21N7O2/c1-14-10-25-18(11-24-14)12-26-21(30)19-13-28-6-7-29(15(2)20(28)27-19)22(31)17-5-3-4-16(8-17)9-23/h3-5,8,10-11,13,15H,6-7,12H2,1-2H3,(H,26,30)/t15-/m0/s1. The lowest BCUT2D eigenvalue weighted by molar-refractivity contribution is 0.0638. The van der Waals surface area contributed by atoms with E-state index in [4.69, 9.17) is 5.26 Å². The van der Waals surface area contributed by atoms with Crippen molar-refractivity contribution in [1.29, 1.82) is 5.26 Å². The van der Waals surface area contributed by atoms with Crippen LogP contribution < -0.4 is 5.32 Å². The second-order valence-corrected chi connectivity index (χ2v) is 7.38. The molecule has 4 rings (SSSR count). The number of imidazole rings is 1. The molecule has 0 aliphatic carbocycles. The third-order valence-electron chi connectivity index (χ3n) is 5.23. The van der Waals surface area contributed by atoms with Crippen LogP contribution in [-0.4, -0.2) is 42.8 Å². The first-order valence-electron chi connectivity index (χ1n) is 9.90. The molecule has 2 aromatic heterocycles.